The summed E-state index contributed by atoms with van der Waals surface area (Å²) < 4.78 is 59.9. The third kappa shape index (κ3) is 11.4. The zero-order chi connectivity index (χ0) is 37.0. The first-order valence-electron chi connectivity index (χ1n) is 16.8. The lowest BCUT2D eigenvalue weighted by Crippen LogP contribution is -2.45. The molecular formula is C35H43F4N5O7. The molecule has 0 bridgehead atoms. The Hall–Kier alpha value is -4.70. The summed E-state index contributed by atoms with van der Waals surface area (Å²) in [6.45, 7) is 2.46. The summed E-state index contributed by atoms with van der Waals surface area (Å²) in [5.41, 5.74) is 3.05. The van der Waals surface area contributed by atoms with Gasteiger partial charge in [0.2, 0.25) is 5.91 Å². The molecule has 2 aromatic carbocycles. The fourth-order valence-corrected chi connectivity index (χ4v) is 6.01. The lowest BCUT2D eigenvalue weighted by Gasteiger charge is -2.34. The number of halogens is 4. The molecule has 1 aliphatic carbocycles. The molecular weight excluding hydrogens is 678 g/mol. The van der Waals surface area contributed by atoms with Crippen molar-refractivity contribution < 1.29 is 51.6 Å². The third-order valence-electron chi connectivity index (χ3n) is 8.58. The maximum Gasteiger partial charge on any atom is 0.490 e. The van der Waals surface area contributed by atoms with Crippen LogP contribution >= 0.6 is 0 Å². The monoisotopic (exact) mass is 721 g/mol. The van der Waals surface area contributed by atoms with Gasteiger partial charge in [0, 0.05) is 43.5 Å². The molecule has 1 aliphatic heterocycles. The van der Waals surface area contributed by atoms with Crippen molar-refractivity contribution in [1.82, 2.24) is 20.0 Å². The van der Waals surface area contributed by atoms with Gasteiger partial charge in [-0.25, -0.2) is 9.18 Å². The van der Waals surface area contributed by atoms with Crippen molar-refractivity contribution in [3.05, 3.63) is 59.7 Å². The second-order valence-corrected chi connectivity index (χ2v) is 12.3. The Morgan fingerprint density at radius 3 is 2.53 bits per heavy atom. The number of aryl methyl sites for hydroxylation is 1. The first-order valence-corrected chi connectivity index (χ1v) is 16.8. The number of hydrogen-bond donors (Lipinski definition) is 4. The summed E-state index contributed by atoms with van der Waals surface area (Å²) in [6.07, 6.45) is 5.21. The zero-order valence-electron chi connectivity index (χ0n) is 28.3. The van der Waals surface area contributed by atoms with Crippen molar-refractivity contribution in [2.45, 2.75) is 63.6 Å². The number of carboxylic acids is 1. The predicted octanol–water partition coefficient (Wildman–Crippen LogP) is 4.84. The van der Waals surface area contributed by atoms with Crippen molar-refractivity contribution in [3.8, 4) is 22.6 Å². The minimum absolute atomic E-state index is 0.0161. The van der Waals surface area contributed by atoms with Crippen LogP contribution in [0.15, 0.2) is 42.7 Å². The number of aromatic nitrogens is 2. The van der Waals surface area contributed by atoms with Crippen LogP contribution in [0.3, 0.4) is 0 Å². The van der Waals surface area contributed by atoms with E-state index in [0.717, 1.165) is 36.8 Å². The second kappa shape index (κ2) is 18.5. The van der Waals surface area contributed by atoms with E-state index in [1.807, 2.05) is 11.0 Å². The summed E-state index contributed by atoms with van der Waals surface area (Å²) in [5, 5.41) is 27.4. The molecule has 5 rings (SSSR count). The normalized spacial score (nSPS) is 14.5. The zero-order valence-corrected chi connectivity index (χ0v) is 28.3. The average Bonchev–Trinajstić information content (AvgIpc) is 3.53. The molecule has 12 nitrogen and oxygen atoms in total. The molecule has 2 amide bonds. The highest BCUT2D eigenvalue weighted by Gasteiger charge is 2.38. The number of nitrogens with zero attached hydrogens (tertiary/aromatic N) is 3. The Morgan fingerprint density at radius 2 is 1.84 bits per heavy atom. The van der Waals surface area contributed by atoms with Gasteiger partial charge in [0.1, 0.15) is 17.3 Å². The van der Waals surface area contributed by atoms with E-state index in [1.165, 1.54) is 6.42 Å². The van der Waals surface area contributed by atoms with Gasteiger partial charge in [-0.15, -0.1) is 0 Å². The molecule has 2 heterocycles. The fraction of sp³-hybridized carbons (Fsp3) is 0.486. The number of ether oxygens (including phenoxy) is 2. The fourth-order valence-electron chi connectivity index (χ4n) is 6.01. The summed E-state index contributed by atoms with van der Waals surface area (Å²) in [5.74, 6) is -2.73. The van der Waals surface area contributed by atoms with E-state index in [2.05, 4.69) is 15.7 Å². The van der Waals surface area contributed by atoms with E-state index in [-0.39, 0.29) is 42.5 Å². The van der Waals surface area contributed by atoms with Gasteiger partial charge in [0.25, 0.3) is 5.91 Å². The van der Waals surface area contributed by atoms with Crippen LogP contribution in [0.1, 0.15) is 49.7 Å². The van der Waals surface area contributed by atoms with Crippen molar-refractivity contribution >= 4 is 23.5 Å². The number of aromatic hydroxyl groups is 1. The average molecular weight is 722 g/mol. The molecule has 0 unspecified atom stereocenters. The van der Waals surface area contributed by atoms with Crippen LogP contribution in [0, 0.1) is 5.82 Å². The van der Waals surface area contributed by atoms with Crippen LogP contribution in [0.4, 0.5) is 23.2 Å². The van der Waals surface area contributed by atoms with E-state index < -0.39 is 12.1 Å². The summed E-state index contributed by atoms with van der Waals surface area (Å²) in [4.78, 5) is 35.9. The molecule has 16 heteroatoms. The highest BCUT2D eigenvalue weighted by molar-refractivity contribution is 5.97. The van der Waals surface area contributed by atoms with Gasteiger partial charge in [-0.3, -0.25) is 14.3 Å². The number of benzene rings is 2. The molecule has 3 aromatic rings. The molecule has 278 valence electrons. The maximum absolute atomic E-state index is 15.1. The van der Waals surface area contributed by atoms with Crippen LogP contribution in [-0.4, -0.2) is 94.4 Å². The van der Waals surface area contributed by atoms with Crippen molar-refractivity contribution in [3.63, 3.8) is 0 Å². The molecule has 0 atom stereocenters. The van der Waals surface area contributed by atoms with E-state index in [1.54, 1.807) is 48.4 Å². The molecule has 0 spiro atoms. The second-order valence-electron chi connectivity index (χ2n) is 12.3. The van der Waals surface area contributed by atoms with Crippen molar-refractivity contribution in [2.75, 3.05) is 44.8 Å². The van der Waals surface area contributed by atoms with Gasteiger partial charge < -0.3 is 35.2 Å². The van der Waals surface area contributed by atoms with Crippen molar-refractivity contribution in [2.24, 2.45) is 7.05 Å². The van der Waals surface area contributed by atoms with Gasteiger partial charge in [-0.05, 0) is 49.4 Å². The number of fused-ring (bicyclic) bond motifs is 1. The molecule has 1 saturated carbocycles. The standard InChI is InChI=1S/C33H42FN5O5.C2HF3O2/c1-38-21-25(20-36-38)27-9-5-6-23(31(27)34)13-18-43-19-14-30(42)39(26-7-3-2-4-8-26)17-16-35-15-12-24-10-11-28(40)32-33(24)44-22-29(41)37-32;3-2(4,5)1(6)7/h5-6,9-11,20-21,26,35,40H,2-4,7-8,12-19,22H2,1H3,(H,37,41);(H,6,7). The molecule has 2 aliphatic rings. The largest absolute Gasteiger partial charge is 0.506 e. The number of carbonyl (C=O) groups is 3. The van der Waals surface area contributed by atoms with Crippen LogP contribution < -0.4 is 15.4 Å². The van der Waals surface area contributed by atoms with Gasteiger partial charge >= 0.3 is 12.1 Å². The van der Waals surface area contributed by atoms with Gasteiger partial charge in [-0.2, -0.15) is 18.3 Å². The number of nitrogens with one attached hydrogen (secondary N) is 2. The number of hydrogen-bond acceptors (Lipinski definition) is 8. The quantitative estimate of drug-likeness (QED) is 0.104. The number of carbonyl (C=O) groups excluding carboxylic acids is 2. The smallest absolute Gasteiger partial charge is 0.490 e. The molecule has 1 aromatic heterocycles. The maximum atomic E-state index is 15.1. The van der Waals surface area contributed by atoms with Crippen LogP contribution in [-0.2, 0) is 39.0 Å². The third-order valence-corrected chi connectivity index (χ3v) is 8.58. The first-order chi connectivity index (χ1) is 24.3. The number of phenols is 1. The first kappa shape index (κ1) is 39.1. The van der Waals surface area contributed by atoms with Crippen LogP contribution in [0.25, 0.3) is 11.1 Å². The Kier molecular flexibility index (Phi) is 14.2. The molecule has 1 fully saturated rings. The number of aliphatic carboxylic acids is 1. The van der Waals surface area contributed by atoms with Gasteiger partial charge in [0.05, 0.1) is 25.8 Å². The van der Waals surface area contributed by atoms with Crippen LogP contribution in [0.2, 0.25) is 0 Å². The minimum Gasteiger partial charge on any atom is -0.506 e. The summed E-state index contributed by atoms with van der Waals surface area (Å²) >= 11 is 0. The van der Waals surface area contributed by atoms with Gasteiger partial charge in [-0.1, -0.05) is 43.5 Å². The summed E-state index contributed by atoms with van der Waals surface area (Å²) in [7, 11) is 1.80. The Labute approximate surface area is 292 Å². The number of phenolic OH excluding ortho intramolecular Hbond substituents is 1. The number of anilines is 1. The molecule has 4 N–H and O–H groups in total. The number of rotatable bonds is 14. The van der Waals surface area contributed by atoms with E-state index >= 15 is 4.39 Å². The van der Waals surface area contributed by atoms with E-state index in [0.29, 0.717) is 68.3 Å². The van der Waals surface area contributed by atoms with Gasteiger partial charge in [0.15, 0.2) is 12.4 Å². The summed E-state index contributed by atoms with van der Waals surface area (Å²) in [6, 6.07) is 8.96. The van der Waals surface area contributed by atoms with E-state index in [9.17, 15) is 27.9 Å². The topological polar surface area (TPSA) is 155 Å². The highest BCUT2D eigenvalue weighted by atomic mass is 19.4. The lowest BCUT2D eigenvalue weighted by molar-refractivity contribution is -0.192. The minimum atomic E-state index is -5.08. The highest BCUT2D eigenvalue weighted by Crippen LogP contribution is 2.39. The number of amides is 2. The molecule has 0 saturated heterocycles. The molecule has 0 radical (unpaired) electrons. The Balaban J connectivity index is 0.000000755. The van der Waals surface area contributed by atoms with Crippen molar-refractivity contribution in [1.29, 1.82) is 0 Å². The predicted molar refractivity (Wildman–Crippen MR) is 179 cm³/mol. The number of alkyl halides is 3. The number of carboxylic acid groups (broad SMARTS) is 1. The molecule has 51 heavy (non-hydrogen) atoms. The Morgan fingerprint density at radius 1 is 1.10 bits per heavy atom. The lowest BCUT2D eigenvalue weighted by atomic mass is 9.94. The SMILES string of the molecule is Cn1cc(-c2cccc(CCOCCC(=O)N(CCNCCc3ccc(O)c4c3OCC(=O)N4)C3CCCCC3)c2F)cn1.O=C(O)C(F)(F)F. The Bertz CT molecular complexity index is 1640. The van der Waals surface area contributed by atoms with E-state index in [4.69, 9.17) is 19.4 Å². The van der Waals surface area contributed by atoms with Crippen LogP contribution in [0.5, 0.6) is 11.5 Å².